The number of sulfone groups is 1. The lowest BCUT2D eigenvalue weighted by Gasteiger charge is -2.10. The Balaban J connectivity index is 2.12. The summed E-state index contributed by atoms with van der Waals surface area (Å²) in [5, 5.41) is 0.212. The van der Waals surface area contributed by atoms with Crippen molar-refractivity contribution >= 4 is 35.1 Å². The van der Waals surface area contributed by atoms with Crippen LogP contribution < -0.4 is 9.47 Å². The summed E-state index contributed by atoms with van der Waals surface area (Å²) in [4.78, 5) is 0.438. The van der Waals surface area contributed by atoms with Crippen LogP contribution in [0.2, 0.25) is 0 Å². The second-order valence-corrected chi connectivity index (χ2v) is 9.48. The van der Waals surface area contributed by atoms with Gasteiger partial charge in [-0.3, -0.25) is 0 Å². The molecule has 2 rings (SSSR count). The summed E-state index contributed by atoms with van der Waals surface area (Å²) in [6.45, 7) is 4.77. The van der Waals surface area contributed by atoms with Gasteiger partial charge in [0.05, 0.1) is 23.0 Å². The molecule has 25 heavy (non-hydrogen) atoms. The summed E-state index contributed by atoms with van der Waals surface area (Å²) in [5.74, 6) is 1.23. The Hall–Kier alpha value is -1.31. The molecule has 0 radical (unpaired) electrons. The first-order chi connectivity index (χ1) is 11.8. The highest BCUT2D eigenvalue weighted by Gasteiger charge is 2.17. The lowest BCUT2D eigenvalue weighted by Crippen LogP contribution is -2.08. The predicted octanol–water partition coefficient (Wildman–Crippen LogP) is 3.91. The van der Waals surface area contributed by atoms with Crippen LogP contribution in [-0.2, 0) is 9.84 Å². The van der Waals surface area contributed by atoms with Gasteiger partial charge in [-0.05, 0) is 48.5 Å². The Morgan fingerprint density at radius 2 is 1.08 bits per heavy atom. The van der Waals surface area contributed by atoms with E-state index in [-0.39, 0.29) is 20.3 Å². The largest absolute Gasteiger partial charge is 0.492 e. The quantitative estimate of drug-likeness (QED) is 0.662. The van der Waals surface area contributed by atoms with E-state index in [1.165, 1.54) is 0 Å². The molecular formula is C18H22O4S3. The van der Waals surface area contributed by atoms with Gasteiger partial charge in [-0.2, -0.15) is 25.3 Å². The van der Waals surface area contributed by atoms with Crippen LogP contribution >= 0.6 is 25.3 Å². The zero-order valence-electron chi connectivity index (χ0n) is 14.1. The summed E-state index contributed by atoms with van der Waals surface area (Å²) >= 11 is 8.48. The van der Waals surface area contributed by atoms with Crippen LogP contribution in [0.3, 0.4) is 0 Å². The molecular weight excluding hydrogens is 376 g/mol. The van der Waals surface area contributed by atoms with E-state index in [2.05, 4.69) is 25.3 Å². The monoisotopic (exact) mass is 398 g/mol. The Morgan fingerprint density at radius 3 is 1.36 bits per heavy atom. The zero-order valence-corrected chi connectivity index (χ0v) is 16.7. The lowest BCUT2D eigenvalue weighted by atomic mass is 10.3. The van der Waals surface area contributed by atoms with Gasteiger partial charge in [0.25, 0.3) is 0 Å². The third kappa shape index (κ3) is 5.87. The molecule has 0 spiro atoms. The second kappa shape index (κ2) is 8.87. The van der Waals surface area contributed by atoms with Crippen LogP contribution in [0.5, 0.6) is 11.5 Å². The molecule has 0 aliphatic carbocycles. The van der Waals surface area contributed by atoms with E-state index in [1.54, 1.807) is 48.5 Å². The van der Waals surface area contributed by atoms with Gasteiger partial charge in [0.1, 0.15) is 11.5 Å². The minimum atomic E-state index is -3.58. The molecule has 136 valence electrons. The van der Waals surface area contributed by atoms with Gasteiger partial charge >= 0.3 is 0 Å². The molecule has 7 heteroatoms. The molecule has 0 amide bonds. The summed E-state index contributed by atoms with van der Waals surface area (Å²) in [5.41, 5.74) is 0. The number of rotatable bonds is 8. The van der Waals surface area contributed by atoms with Crippen LogP contribution in [0.15, 0.2) is 58.3 Å². The van der Waals surface area contributed by atoms with Gasteiger partial charge in [0.15, 0.2) is 0 Å². The van der Waals surface area contributed by atoms with Crippen LogP contribution in [0.25, 0.3) is 0 Å². The highest BCUT2D eigenvalue weighted by Crippen LogP contribution is 2.25. The molecule has 2 atom stereocenters. The highest BCUT2D eigenvalue weighted by molar-refractivity contribution is 7.91. The summed E-state index contributed by atoms with van der Waals surface area (Å²) in [7, 11) is -3.58. The average molecular weight is 399 g/mol. The van der Waals surface area contributed by atoms with Crippen molar-refractivity contribution in [2.24, 2.45) is 0 Å². The van der Waals surface area contributed by atoms with E-state index >= 15 is 0 Å². The van der Waals surface area contributed by atoms with Crippen molar-refractivity contribution in [3.05, 3.63) is 48.5 Å². The van der Waals surface area contributed by atoms with Gasteiger partial charge in [-0.25, -0.2) is 8.42 Å². The van der Waals surface area contributed by atoms with Gasteiger partial charge in [-0.15, -0.1) is 0 Å². The minimum absolute atomic E-state index is 0.106. The topological polar surface area (TPSA) is 52.6 Å². The fourth-order valence-electron chi connectivity index (χ4n) is 2.00. The third-order valence-corrected chi connectivity index (χ3v) is 5.33. The van der Waals surface area contributed by atoms with Gasteiger partial charge in [-0.1, -0.05) is 13.8 Å². The molecule has 0 saturated carbocycles. The van der Waals surface area contributed by atoms with Crippen molar-refractivity contribution in [3.63, 3.8) is 0 Å². The maximum Gasteiger partial charge on any atom is 0.206 e. The van der Waals surface area contributed by atoms with Crippen LogP contribution in [0.1, 0.15) is 13.8 Å². The van der Waals surface area contributed by atoms with E-state index in [0.717, 1.165) is 0 Å². The maximum absolute atomic E-state index is 12.7. The van der Waals surface area contributed by atoms with Gasteiger partial charge < -0.3 is 9.47 Å². The molecule has 0 aliphatic rings. The Bertz CT molecular complexity index is 705. The standard InChI is InChI=1S/C18H22O4S3/c1-13(23)11-21-15-3-7-17(8-4-15)25(19,20)18-9-5-16(6-10-18)22-12-14(2)24/h3-10,13-14,23-24H,11-12H2,1-2H3. The first-order valence-electron chi connectivity index (χ1n) is 7.86. The summed E-state index contributed by atoms with van der Waals surface area (Å²) in [6.07, 6.45) is 0. The van der Waals surface area contributed by atoms with E-state index < -0.39 is 9.84 Å². The molecule has 2 unspecified atom stereocenters. The Labute approximate surface area is 160 Å². The van der Waals surface area contributed by atoms with E-state index in [0.29, 0.717) is 24.7 Å². The smallest absolute Gasteiger partial charge is 0.206 e. The second-order valence-electron chi connectivity index (χ2n) is 5.77. The van der Waals surface area contributed by atoms with E-state index in [4.69, 9.17) is 9.47 Å². The molecule has 2 aromatic rings. The van der Waals surface area contributed by atoms with Crippen LogP contribution in [0.4, 0.5) is 0 Å². The summed E-state index contributed by atoms with van der Waals surface area (Å²) < 4.78 is 36.4. The molecule has 4 nitrogen and oxygen atoms in total. The van der Waals surface area contributed by atoms with Crippen molar-refractivity contribution in [2.45, 2.75) is 34.1 Å². The molecule has 2 aromatic carbocycles. The Morgan fingerprint density at radius 1 is 0.760 bits per heavy atom. The molecule has 0 bridgehead atoms. The average Bonchev–Trinajstić information content (AvgIpc) is 2.59. The van der Waals surface area contributed by atoms with E-state index in [9.17, 15) is 8.42 Å². The molecule has 0 saturated heterocycles. The fourth-order valence-corrected chi connectivity index (χ4v) is 3.41. The zero-order chi connectivity index (χ0) is 18.4. The number of ether oxygens (including phenoxy) is 2. The Kier molecular flexibility index (Phi) is 7.10. The molecule has 0 heterocycles. The van der Waals surface area contributed by atoms with Crippen molar-refractivity contribution < 1.29 is 17.9 Å². The molecule has 0 aliphatic heterocycles. The number of hydrogen-bond donors (Lipinski definition) is 2. The highest BCUT2D eigenvalue weighted by atomic mass is 32.2. The SMILES string of the molecule is CC(S)COc1ccc(S(=O)(=O)c2ccc(OCC(C)S)cc2)cc1. The lowest BCUT2D eigenvalue weighted by molar-refractivity contribution is 0.322. The van der Waals surface area contributed by atoms with Crippen LogP contribution in [0, 0.1) is 0 Å². The number of hydrogen-bond acceptors (Lipinski definition) is 6. The van der Waals surface area contributed by atoms with Crippen molar-refractivity contribution in [2.75, 3.05) is 13.2 Å². The van der Waals surface area contributed by atoms with Gasteiger partial charge in [0, 0.05) is 10.5 Å². The first-order valence-corrected chi connectivity index (χ1v) is 10.4. The fraction of sp³-hybridized carbons (Fsp3) is 0.333. The maximum atomic E-state index is 12.7. The van der Waals surface area contributed by atoms with Crippen LogP contribution in [-0.4, -0.2) is 32.1 Å². The van der Waals surface area contributed by atoms with Gasteiger partial charge in [0.2, 0.25) is 9.84 Å². The molecule has 0 aromatic heterocycles. The van der Waals surface area contributed by atoms with E-state index in [1.807, 2.05) is 13.8 Å². The third-order valence-electron chi connectivity index (χ3n) is 3.25. The van der Waals surface area contributed by atoms with Crippen molar-refractivity contribution in [3.8, 4) is 11.5 Å². The number of thiol groups is 2. The van der Waals surface area contributed by atoms with Crippen molar-refractivity contribution in [1.82, 2.24) is 0 Å². The predicted molar refractivity (Wildman–Crippen MR) is 106 cm³/mol. The normalized spacial score (nSPS) is 13.9. The summed E-state index contributed by atoms with van der Waals surface area (Å²) in [6, 6.07) is 12.8. The molecule has 0 N–H and O–H groups in total. The van der Waals surface area contributed by atoms with Crippen molar-refractivity contribution in [1.29, 1.82) is 0 Å². The molecule has 0 fully saturated rings. The first kappa shape index (κ1) is 20.0. The number of benzene rings is 2. The minimum Gasteiger partial charge on any atom is -0.492 e.